The molecule has 0 aliphatic carbocycles. The molecule has 0 saturated carbocycles. The van der Waals surface area contributed by atoms with Gasteiger partial charge in [0.05, 0.1) is 47.7 Å². The minimum Gasteiger partial charge on any atom is -0.478 e. The van der Waals surface area contributed by atoms with E-state index in [1.165, 1.54) is 43.5 Å². The highest BCUT2D eigenvalue weighted by atomic mass is 19.1. The second-order valence-electron chi connectivity index (χ2n) is 10.6. The number of imidazole rings is 1. The number of aromatic nitrogens is 3. The lowest BCUT2D eigenvalue weighted by Crippen LogP contribution is -2.26. The standard InChI is InChI=1S/C33H24F4N4O5/c1-44-29-16-45-15-28(29)41-27-10-20(33(42)43)9-25(37)32(27)40-30(41)11-19-8-24(36)21(12-23(19)35)26-3-2-4-31(39-26)46-14-18-6-5-17(13-38)7-22(18)34/h2-10,12,28-29H,11,14-16H2,1H3,(H,42,43)/t28-,29-/m1/s1. The fourth-order valence-corrected chi connectivity index (χ4v) is 5.43. The maximum absolute atomic E-state index is 15.6. The molecule has 1 N–H and O–H groups in total. The van der Waals surface area contributed by atoms with Crippen LogP contribution in [0.3, 0.4) is 0 Å². The lowest BCUT2D eigenvalue weighted by atomic mass is 10.0. The third kappa shape index (κ3) is 5.88. The van der Waals surface area contributed by atoms with Crippen LogP contribution in [0.1, 0.15) is 38.9 Å². The topological polar surface area (TPSA) is 119 Å². The van der Waals surface area contributed by atoms with Crippen molar-refractivity contribution in [2.24, 2.45) is 0 Å². The van der Waals surface area contributed by atoms with Crippen LogP contribution in [0.4, 0.5) is 17.6 Å². The second kappa shape index (κ2) is 12.6. The van der Waals surface area contributed by atoms with E-state index in [0.29, 0.717) is 0 Å². The highest BCUT2D eigenvalue weighted by Gasteiger charge is 2.34. The summed E-state index contributed by atoms with van der Waals surface area (Å²) in [5.41, 5.74) is -0.121. The minimum absolute atomic E-state index is 0.0353. The Kier molecular flexibility index (Phi) is 8.40. The summed E-state index contributed by atoms with van der Waals surface area (Å²) in [6.07, 6.45) is -0.746. The van der Waals surface area contributed by atoms with Gasteiger partial charge < -0.3 is 23.9 Å². The molecular weight excluding hydrogens is 608 g/mol. The number of hydrogen-bond donors (Lipinski definition) is 1. The number of rotatable bonds is 9. The molecule has 5 aromatic rings. The molecule has 13 heteroatoms. The highest BCUT2D eigenvalue weighted by molar-refractivity contribution is 5.93. The molecule has 0 unspecified atom stereocenters. The van der Waals surface area contributed by atoms with Crippen molar-refractivity contribution >= 4 is 17.0 Å². The first-order valence-corrected chi connectivity index (χ1v) is 14.0. The van der Waals surface area contributed by atoms with Crippen LogP contribution in [0.2, 0.25) is 0 Å². The van der Waals surface area contributed by atoms with E-state index < -0.39 is 41.4 Å². The Labute approximate surface area is 259 Å². The van der Waals surface area contributed by atoms with Gasteiger partial charge in [0, 0.05) is 30.7 Å². The van der Waals surface area contributed by atoms with Gasteiger partial charge in [-0.3, -0.25) is 0 Å². The third-order valence-corrected chi connectivity index (χ3v) is 7.74. The molecule has 3 heterocycles. The summed E-state index contributed by atoms with van der Waals surface area (Å²) in [4.78, 5) is 20.3. The molecule has 9 nitrogen and oxygen atoms in total. The van der Waals surface area contributed by atoms with Gasteiger partial charge in [-0.25, -0.2) is 32.3 Å². The number of aromatic carboxylic acids is 1. The van der Waals surface area contributed by atoms with Crippen LogP contribution in [-0.2, 0) is 22.5 Å². The Morgan fingerprint density at radius 1 is 1.00 bits per heavy atom. The molecule has 0 spiro atoms. The number of carbonyl (C=O) groups is 1. The predicted molar refractivity (Wildman–Crippen MR) is 155 cm³/mol. The van der Waals surface area contributed by atoms with Crippen molar-refractivity contribution in [3.05, 3.63) is 112 Å². The molecule has 0 amide bonds. The molecule has 3 aromatic carbocycles. The lowest BCUT2D eigenvalue weighted by Gasteiger charge is -2.21. The van der Waals surface area contributed by atoms with E-state index in [2.05, 4.69) is 9.97 Å². The van der Waals surface area contributed by atoms with E-state index in [1.54, 1.807) is 4.57 Å². The smallest absolute Gasteiger partial charge is 0.335 e. The van der Waals surface area contributed by atoms with Crippen molar-refractivity contribution in [2.75, 3.05) is 20.3 Å². The first kappa shape index (κ1) is 30.7. The van der Waals surface area contributed by atoms with Gasteiger partial charge in [0.2, 0.25) is 5.88 Å². The highest BCUT2D eigenvalue weighted by Crippen LogP contribution is 2.33. The van der Waals surface area contributed by atoms with E-state index in [0.717, 1.165) is 24.3 Å². The van der Waals surface area contributed by atoms with Gasteiger partial charge in [0.15, 0.2) is 5.82 Å². The van der Waals surface area contributed by atoms with Crippen molar-refractivity contribution in [1.29, 1.82) is 5.26 Å². The zero-order chi connectivity index (χ0) is 32.5. The number of halogens is 4. The fourth-order valence-electron chi connectivity index (χ4n) is 5.43. The van der Waals surface area contributed by atoms with Crippen LogP contribution < -0.4 is 4.74 Å². The summed E-state index contributed by atoms with van der Waals surface area (Å²) in [6, 6.07) is 13.8. The minimum atomic E-state index is -1.34. The Morgan fingerprint density at radius 3 is 2.54 bits per heavy atom. The third-order valence-electron chi connectivity index (χ3n) is 7.74. The summed E-state index contributed by atoms with van der Waals surface area (Å²) in [6.45, 7) is 0.153. The van der Waals surface area contributed by atoms with Gasteiger partial charge in [-0.15, -0.1) is 0 Å². The molecule has 46 heavy (non-hydrogen) atoms. The Hall–Kier alpha value is -5.32. The summed E-state index contributed by atoms with van der Waals surface area (Å²) >= 11 is 0. The van der Waals surface area contributed by atoms with Crippen LogP contribution in [-0.4, -0.2) is 52.0 Å². The average Bonchev–Trinajstić information content (AvgIpc) is 3.66. The number of benzene rings is 3. The zero-order valence-electron chi connectivity index (χ0n) is 24.1. The number of pyridine rings is 1. The maximum Gasteiger partial charge on any atom is 0.335 e. The number of hydrogen-bond acceptors (Lipinski definition) is 7. The number of ether oxygens (including phenoxy) is 3. The van der Waals surface area contributed by atoms with Crippen LogP contribution in [0.5, 0.6) is 5.88 Å². The molecule has 234 valence electrons. The summed E-state index contributed by atoms with van der Waals surface area (Å²) in [7, 11) is 1.47. The molecule has 2 aromatic heterocycles. The zero-order valence-corrected chi connectivity index (χ0v) is 24.1. The Bertz CT molecular complexity index is 2030. The number of fused-ring (bicyclic) bond motifs is 1. The normalized spacial score (nSPS) is 16.1. The summed E-state index contributed by atoms with van der Waals surface area (Å²) in [5.74, 6) is -4.25. The van der Waals surface area contributed by atoms with Crippen LogP contribution in [0.25, 0.3) is 22.3 Å². The van der Waals surface area contributed by atoms with E-state index in [1.807, 2.05) is 6.07 Å². The SMILES string of the molecule is CO[C@@H]1COC[C@H]1n1c(Cc2cc(F)c(-c3cccc(OCc4ccc(C#N)cc4F)n3)cc2F)nc2c(F)cc(C(=O)O)cc21. The number of nitriles is 1. The molecule has 1 fully saturated rings. The molecule has 1 aliphatic heterocycles. The Morgan fingerprint density at radius 2 is 1.80 bits per heavy atom. The Balaban J connectivity index is 1.31. The van der Waals surface area contributed by atoms with Crippen molar-refractivity contribution in [2.45, 2.75) is 25.2 Å². The van der Waals surface area contributed by atoms with Crippen molar-refractivity contribution in [1.82, 2.24) is 14.5 Å². The second-order valence-corrected chi connectivity index (χ2v) is 10.6. The maximum atomic E-state index is 15.6. The first-order valence-electron chi connectivity index (χ1n) is 14.0. The number of carboxylic acid groups (broad SMARTS) is 1. The number of nitrogens with zero attached hydrogens (tertiary/aromatic N) is 4. The van der Waals surface area contributed by atoms with Gasteiger partial charge in [-0.2, -0.15) is 5.26 Å². The molecular formula is C33H24F4N4O5. The number of carboxylic acids is 1. The van der Waals surface area contributed by atoms with Crippen molar-refractivity contribution in [3.63, 3.8) is 0 Å². The first-order chi connectivity index (χ1) is 22.2. The monoisotopic (exact) mass is 632 g/mol. The summed E-state index contributed by atoms with van der Waals surface area (Å²) < 4.78 is 78.7. The largest absolute Gasteiger partial charge is 0.478 e. The molecule has 1 saturated heterocycles. The lowest BCUT2D eigenvalue weighted by molar-refractivity contribution is 0.0687. The van der Waals surface area contributed by atoms with Crippen molar-refractivity contribution < 1.29 is 41.7 Å². The molecule has 0 radical (unpaired) electrons. The van der Waals surface area contributed by atoms with E-state index >= 15 is 13.2 Å². The van der Waals surface area contributed by atoms with Crippen LogP contribution in [0, 0.1) is 34.6 Å². The van der Waals surface area contributed by atoms with Gasteiger partial charge in [-0.1, -0.05) is 12.1 Å². The molecule has 2 atom stereocenters. The van der Waals surface area contributed by atoms with Gasteiger partial charge in [0.1, 0.15) is 41.5 Å². The quantitative estimate of drug-likeness (QED) is 0.197. The number of methoxy groups -OCH3 is 1. The van der Waals surface area contributed by atoms with Crippen molar-refractivity contribution in [3.8, 4) is 23.2 Å². The molecule has 6 rings (SSSR count). The molecule has 1 aliphatic rings. The molecule has 0 bridgehead atoms. The van der Waals surface area contributed by atoms with Gasteiger partial charge in [0.25, 0.3) is 0 Å². The van der Waals surface area contributed by atoms with E-state index in [4.69, 9.17) is 19.5 Å². The van der Waals surface area contributed by atoms with E-state index in [9.17, 15) is 14.3 Å². The van der Waals surface area contributed by atoms with Crippen LogP contribution >= 0.6 is 0 Å². The fraction of sp³-hybridized carbons (Fsp3) is 0.212. The predicted octanol–water partition coefficient (Wildman–Crippen LogP) is 5.98. The van der Waals surface area contributed by atoms with Crippen LogP contribution in [0.15, 0.2) is 60.7 Å². The van der Waals surface area contributed by atoms with Gasteiger partial charge in [-0.05, 0) is 48.0 Å². The summed E-state index contributed by atoms with van der Waals surface area (Å²) in [5, 5.41) is 18.4. The van der Waals surface area contributed by atoms with Gasteiger partial charge >= 0.3 is 5.97 Å². The average molecular weight is 633 g/mol. The van der Waals surface area contributed by atoms with E-state index in [-0.39, 0.29) is 82.5 Å².